The van der Waals surface area contributed by atoms with Crippen molar-refractivity contribution in [1.82, 2.24) is 13.9 Å². The minimum atomic E-state index is -3.58. The average molecular weight is 383 g/mol. The van der Waals surface area contributed by atoms with Crippen LogP contribution in [-0.4, -0.2) is 41.3 Å². The van der Waals surface area contributed by atoms with Gasteiger partial charge in [0.05, 0.1) is 5.02 Å². The van der Waals surface area contributed by atoms with Gasteiger partial charge in [0.1, 0.15) is 16.4 Å². The van der Waals surface area contributed by atoms with Gasteiger partial charge in [-0.3, -0.25) is 4.79 Å². The molecule has 1 saturated heterocycles. The van der Waals surface area contributed by atoms with Crippen LogP contribution in [0.15, 0.2) is 35.5 Å². The van der Waals surface area contributed by atoms with Crippen molar-refractivity contribution in [3.05, 3.63) is 41.3 Å². The summed E-state index contributed by atoms with van der Waals surface area (Å²) in [5, 5.41) is 3.10. The minimum absolute atomic E-state index is 0.131. The Morgan fingerprint density at radius 3 is 2.60 bits per heavy atom. The zero-order valence-electron chi connectivity index (χ0n) is 13.8. The number of hydrogen-bond donors (Lipinski definition) is 1. The van der Waals surface area contributed by atoms with Crippen molar-refractivity contribution in [2.45, 2.75) is 24.2 Å². The number of amides is 1. The van der Waals surface area contributed by atoms with Crippen LogP contribution in [0.1, 0.15) is 29.8 Å². The van der Waals surface area contributed by atoms with E-state index in [-0.39, 0.29) is 10.6 Å². The third-order valence-electron chi connectivity index (χ3n) is 4.13. The van der Waals surface area contributed by atoms with Gasteiger partial charge < -0.3 is 9.88 Å². The summed E-state index contributed by atoms with van der Waals surface area (Å²) in [5.41, 5.74) is 0.243. The van der Waals surface area contributed by atoms with E-state index in [0.717, 1.165) is 19.3 Å². The van der Waals surface area contributed by atoms with Gasteiger partial charge >= 0.3 is 0 Å². The van der Waals surface area contributed by atoms with E-state index in [1.165, 1.54) is 27.3 Å². The number of aromatic nitrogens is 2. The first-order valence-electron chi connectivity index (χ1n) is 7.97. The van der Waals surface area contributed by atoms with E-state index in [1.807, 2.05) is 0 Å². The zero-order chi connectivity index (χ0) is 18.0. The molecule has 2 aromatic rings. The van der Waals surface area contributed by atoms with Crippen LogP contribution in [0, 0.1) is 0 Å². The van der Waals surface area contributed by atoms with Crippen molar-refractivity contribution in [1.29, 1.82) is 0 Å². The highest BCUT2D eigenvalue weighted by molar-refractivity contribution is 7.89. The van der Waals surface area contributed by atoms with Crippen molar-refractivity contribution < 1.29 is 13.2 Å². The number of halogens is 1. The molecule has 0 aromatic carbocycles. The predicted octanol–water partition coefficient (Wildman–Crippen LogP) is 2.50. The van der Waals surface area contributed by atoms with Crippen LogP contribution in [0.25, 0.3) is 0 Å². The molecule has 0 radical (unpaired) electrons. The highest BCUT2D eigenvalue weighted by Crippen LogP contribution is 2.22. The minimum Gasteiger partial charge on any atom is -0.345 e. The second kappa shape index (κ2) is 7.15. The number of rotatable bonds is 4. The Hall–Kier alpha value is -1.90. The highest BCUT2D eigenvalue weighted by atomic mass is 35.5. The fourth-order valence-corrected chi connectivity index (χ4v) is 4.49. The number of aryl methyl sites for hydroxylation is 1. The van der Waals surface area contributed by atoms with Gasteiger partial charge in [-0.1, -0.05) is 18.0 Å². The molecule has 0 saturated carbocycles. The van der Waals surface area contributed by atoms with E-state index >= 15 is 0 Å². The molecule has 1 aliphatic heterocycles. The van der Waals surface area contributed by atoms with Crippen molar-refractivity contribution in [2.75, 3.05) is 18.4 Å². The summed E-state index contributed by atoms with van der Waals surface area (Å²) in [4.78, 5) is 16.6. The number of piperidine rings is 1. The second-order valence-electron chi connectivity index (χ2n) is 5.95. The quantitative estimate of drug-likeness (QED) is 0.880. The molecule has 1 aliphatic rings. The molecule has 2 aromatic heterocycles. The largest absolute Gasteiger partial charge is 0.345 e. The van der Waals surface area contributed by atoms with Crippen LogP contribution in [0.3, 0.4) is 0 Å². The number of carbonyl (C=O) groups excluding carboxylic acids is 1. The van der Waals surface area contributed by atoms with Crippen molar-refractivity contribution >= 4 is 33.3 Å². The predicted molar refractivity (Wildman–Crippen MR) is 95.2 cm³/mol. The smallest absolute Gasteiger partial charge is 0.273 e. The van der Waals surface area contributed by atoms with E-state index in [9.17, 15) is 13.2 Å². The number of carbonyl (C=O) groups is 1. The number of hydrogen-bond acceptors (Lipinski definition) is 4. The lowest BCUT2D eigenvalue weighted by atomic mass is 10.2. The maximum atomic E-state index is 12.7. The van der Waals surface area contributed by atoms with Gasteiger partial charge in [0, 0.05) is 32.5 Å². The molecule has 0 atom stereocenters. The first kappa shape index (κ1) is 17.9. The molecule has 0 aliphatic carbocycles. The summed E-state index contributed by atoms with van der Waals surface area (Å²) in [6, 6.07) is 4.59. The Kier molecular flexibility index (Phi) is 5.12. The third-order valence-corrected chi connectivity index (χ3v) is 6.22. The summed E-state index contributed by atoms with van der Waals surface area (Å²) in [6.45, 7) is 1.04. The third kappa shape index (κ3) is 3.86. The molecular weight excluding hydrogens is 364 g/mol. The van der Waals surface area contributed by atoms with Crippen LogP contribution in [0.5, 0.6) is 0 Å². The molecule has 3 rings (SSSR count). The number of pyridine rings is 1. The molecule has 9 heteroatoms. The molecule has 0 spiro atoms. The Bertz CT molecular complexity index is 871. The molecule has 134 valence electrons. The fraction of sp³-hybridized carbons (Fsp3) is 0.375. The van der Waals surface area contributed by atoms with Gasteiger partial charge in [0.25, 0.3) is 5.91 Å². The maximum absolute atomic E-state index is 12.7. The highest BCUT2D eigenvalue weighted by Gasteiger charge is 2.28. The summed E-state index contributed by atoms with van der Waals surface area (Å²) in [6.07, 6.45) is 5.66. The first-order valence-corrected chi connectivity index (χ1v) is 9.79. The Morgan fingerprint density at radius 2 is 1.96 bits per heavy atom. The van der Waals surface area contributed by atoms with Gasteiger partial charge in [-0.15, -0.1) is 0 Å². The first-order chi connectivity index (χ1) is 11.9. The standard InChI is InChI=1S/C16H19ClN4O3S/c1-20-11-13(25(23,24)21-7-3-2-4-8-21)9-14(20)16(22)19-15-6-5-12(17)10-18-15/h5-6,9-11H,2-4,7-8H2,1H3,(H,18,19,22). The Morgan fingerprint density at radius 1 is 1.24 bits per heavy atom. The van der Waals surface area contributed by atoms with E-state index in [4.69, 9.17) is 11.6 Å². The van der Waals surface area contributed by atoms with Crippen LogP contribution < -0.4 is 5.32 Å². The van der Waals surface area contributed by atoms with Gasteiger partial charge in [-0.2, -0.15) is 4.31 Å². The summed E-state index contributed by atoms with van der Waals surface area (Å²) in [5.74, 6) is -0.0894. The molecule has 1 N–H and O–H groups in total. The molecule has 7 nitrogen and oxygen atoms in total. The Balaban J connectivity index is 1.81. The molecular formula is C16H19ClN4O3S. The summed E-state index contributed by atoms with van der Waals surface area (Å²) < 4.78 is 28.4. The SMILES string of the molecule is Cn1cc(S(=O)(=O)N2CCCCC2)cc1C(=O)Nc1ccc(Cl)cn1. The van der Waals surface area contributed by atoms with Gasteiger partial charge in [0.15, 0.2) is 0 Å². The van der Waals surface area contributed by atoms with E-state index < -0.39 is 15.9 Å². The lowest BCUT2D eigenvalue weighted by molar-refractivity contribution is 0.101. The summed E-state index contributed by atoms with van der Waals surface area (Å²) in [7, 11) is -1.94. The van der Waals surface area contributed by atoms with Gasteiger partial charge in [-0.25, -0.2) is 13.4 Å². The van der Waals surface area contributed by atoms with Crippen molar-refractivity contribution in [3.8, 4) is 0 Å². The molecule has 1 amide bonds. The normalized spacial score (nSPS) is 15.9. The van der Waals surface area contributed by atoms with Crippen molar-refractivity contribution in [3.63, 3.8) is 0 Å². The molecule has 0 unspecified atom stereocenters. The van der Waals surface area contributed by atoms with E-state index in [1.54, 1.807) is 19.2 Å². The van der Waals surface area contributed by atoms with Gasteiger partial charge in [0.2, 0.25) is 10.0 Å². The fourth-order valence-electron chi connectivity index (χ4n) is 2.79. The van der Waals surface area contributed by atoms with Crippen LogP contribution in [-0.2, 0) is 17.1 Å². The number of nitrogens with zero attached hydrogens (tertiary/aromatic N) is 3. The lowest BCUT2D eigenvalue weighted by Crippen LogP contribution is -2.35. The number of anilines is 1. The number of nitrogens with one attached hydrogen (secondary N) is 1. The molecule has 0 bridgehead atoms. The Labute approximate surface area is 151 Å². The maximum Gasteiger partial charge on any atom is 0.273 e. The van der Waals surface area contributed by atoms with Gasteiger partial charge in [-0.05, 0) is 31.0 Å². The van der Waals surface area contributed by atoms with Crippen molar-refractivity contribution in [2.24, 2.45) is 7.05 Å². The van der Waals surface area contributed by atoms with Crippen LogP contribution in [0.4, 0.5) is 5.82 Å². The number of sulfonamides is 1. The van der Waals surface area contributed by atoms with Crippen LogP contribution >= 0.6 is 11.6 Å². The molecule has 25 heavy (non-hydrogen) atoms. The second-order valence-corrected chi connectivity index (χ2v) is 8.33. The zero-order valence-corrected chi connectivity index (χ0v) is 15.3. The topological polar surface area (TPSA) is 84.3 Å². The van der Waals surface area contributed by atoms with E-state index in [2.05, 4.69) is 10.3 Å². The lowest BCUT2D eigenvalue weighted by Gasteiger charge is -2.25. The summed E-state index contributed by atoms with van der Waals surface area (Å²) >= 11 is 5.77. The molecule has 1 fully saturated rings. The molecule has 3 heterocycles. The van der Waals surface area contributed by atoms with Crippen LogP contribution in [0.2, 0.25) is 5.02 Å². The monoisotopic (exact) mass is 382 g/mol. The average Bonchev–Trinajstić information content (AvgIpc) is 3.00. The van der Waals surface area contributed by atoms with E-state index in [0.29, 0.717) is 23.9 Å².